The van der Waals surface area contributed by atoms with E-state index < -0.39 is 0 Å². The van der Waals surface area contributed by atoms with Crippen LogP contribution in [0.5, 0.6) is 0 Å². The van der Waals surface area contributed by atoms with Gasteiger partial charge in [-0.2, -0.15) is 0 Å². The van der Waals surface area contributed by atoms with Gasteiger partial charge in [-0.05, 0) is 55.6 Å². The van der Waals surface area contributed by atoms with Gasteiger partial charge < -0.3 is 4.52 Å². The normalized spacial score (nSPS) is 19.2. The monoisotopic (exact) mass is 423 g/mol. The molecule has 2 fully saturated rings. The molecule has 1 atom stereocenters. The summed E-state index contributed by atoms with van der Waals surface area (Å²) in [7, 11) is 0. The van der Waals surface area contributed by atoms with Crippen LogP contribution in [0.3, 0.4) is 0 Å². The predicted molar refractivity (Wildman–Crippen MR) is 118 cm³/mol. The van der Waals surface area contributed by atoms with Crippen molar-refractivity contribution in [1.82, 2.24) is 35.2 Å². The quantitative estimate of drug-likeness (QED) is 0.623. The number of benzene rings is 1. The minimum atomic E-state index is 0.250. The van der Waals surface area contributed by atoms with E-state index in [4.69, 9.17) is 0 Å². The van der Waals surface area contributed by atoms with E-state index in [0.29, 0.717) is 0 Å². The van der Waals surface area contributed by atoms with E-state index in [9.17, 15) is 0 Å². The van der Waals surface area contributed by atoms with E-state index >= 15 is 0 Å². The standard InChI is InChI=1S/C19H28N6.C4H5NO/c1-16(23-11-6-12-24(14-13-23)18-9-5-10-18)19-20-21-22-25(19)15-17-7-3-2-4-8-17;1-4-2-3-5-6-4/h2-4,7-8,16,18H,5-6,9-15H2,1H3;2-3H,1H3. The molecule has 1 aromatic carbocycles. The average molecular weight is 424 g/mol. The topological polar surface area (TPSA) is 76.1 Å². The highest BCUT2D eigenvalue weighted by Gasteiger charge is 2.29. The largest absolute Gasteiger partial charge is 0.362 e. The van der Waals surface area contributed by atoms with E-state index in [0.717, 1.165) is 37.3 Å². The molecule has 8 nitrogen and oxygen atoms in total. The van der Waals surface area contributed by atoms with E-state index in [1.165, 1.54) is 44.3 Å². The smallest absolute Gasteiger partial charge is 0.168 e. The Morgan fingerprint density at radius 2 is 1.87 bits per heavy atom. The first-order valence-corrected chi connectivity index (χ1v) is 11.4. The minimum absolute atomic E-state index is 0.250. The Bertz CT molecular complexity index is 892. The van der Waals surface area contributed by atoms with Gasteiger partial charge in [0.1, 0.15) is 5.76 Å². The molecule has 1 aliphatic carbocycles. The minimum Gasteiger partial charge on any atom is -0.362 e. The Balaban J connectivity index is 0.000000334. The van der Waals surface area contributed by atoms with Gasteiger partial charge in [-0.3, -0.25) is 9.80 Å². The van der Waals surface area contributed by atoms with E-state index in [-0.39, 0.29) is 6.04 Å². The number of hydrogen-bond donors (Lipinski definition) is 0. The first-order chi connectivity index (χ1) is 15.2. The van der Waals surface area contributed by atoms with E-state index in [1.54, 1.807) is 12.3 Å². The molecular formula is C23H33N7O. The molecule has 1 saturated carbocycles. The van der Waals surface area contributed by atoms with Gasteiger partial charge in [0.05, 0.1) is 18.8 Å². The average Bonchev–Trinajstić information content (AvgIpc) is 3.35. The fourth-order valence-corrected chi connectivity index (χ4v) is 4.28. The lowest BCUT2D eigenvalue weighted by Crippen LogP contribution is -2.42. The summed E-state index contributed by atoms with van der Waals surface area (Å²) in [6, 6.07) is 13.3. The Morgan fingerprint density at radius 1 is 1.03 bits per heavy atom. The van der Waals surface area contributed by atoms with Crippen molar-refractivity contribution in [1.29, 1.82) is 0 Å². The van der Waals surface area contributed by atoms with Crippen molar-refractivity contribution in [3.63, 3.8) is 0 Å². The Hall–Kier alpha value is -2.58. The summed E-state index contributed by atoms with van der Waals surface area (Å²) < 4.78 is 6.54. The number of aryl methyl sites for hydroxylation is 1. The third-order valence-corrected chi connectivity index (χ3v) is 6.38. The molecule has 2 aromatic heterocycles. The van der Waals surface area contributed by atoms with Gasteiger partial charge in [-0.25, -0.2) is 4.68 Å². The second-order valence-corrected chi connectivity index (χ2v) is 8.49. The second-order valence-electron chi connectivity index (χ2n) is 8.49. The predicted octanol–water partition coefficient (Wildman–Crippen LogP) is 3.33. The van der Waals surface area contributed by atoms with Crippen molar-refractivity contribution in [2.45, 2.75) is 58.2 Å². The van der Waals surface area contributed by atoms with Crippen molar-refractivity contribution in [2.75, 3.05) is 26.2 Å². The summed E-state index contributed by atoms with van der Waals surface area (Å²) in [5.41, 5.74) is 1.23. The van der Waals surface area contributed by atoms with Crippen LogP contribution in [0.25, 0.3) is 0 Å². The Labute approximate surface area is 184 Å². The summed E-state index contributed by atoms with van der Waals surface area (Å²) in [5, 5.41) is 16.0. The third kappa shape index (κ3) is 5.77. The summed E-state index contributed by atoms with van der Waals surface area (Å²) in [5.74, 6) is 1.83. The second kappa shape index (κ2) is 10.6. The van der Waals surface area contributed by atoms with Crippen LogP contribution in [0.15, 0.2) is 47.1 Å². The van der Waals surface area contributed by atoms with Crippen LogP contribution in [-0.2, 0) is 6.54 Å². The lowest BCUT2D eigenvalue weighted by molar-refractivity contribution is 0.126. The molecule has 5 rings (SSSR count). The molecule has 1 saturated heterocycles. The van der Waals surface area contributed by atoms with Crippen molar-refractivity contribution in [3.05, 3.63) is 59.7 Å². The van der Waals surface area contributed by atoms with Crippen molar-refractivity contribution < 1.29 is 4.52 Å². The zero-order valence-electron chi connectivity index (χ0n) is 18.6. The van der Waals surface area contributed by atoms with E-state index in [1.807, 2.05) is 17.7 Å². The summed E-state index contributed by atoms with van der Waals surface area (Å²) in [6.07, 6.45) is 7.06. The summed E-state index contributed by atoms with van der Waals surface area (Å²) in [4.78, 5) is 5.25. The van der Waals surface area contributed by atoms with Crippen molar-refractivity contribution >= 4 is 0 Å². The number of aromatic nitrogens is 5. The van der Waals surface area contributed by atoms with Crippen LogP contribution in [0.1, 0.15) is 55.8 Å². The number of tetrazole rings is 1. The molecule has 3 heterocycles. The molecule has 0 bridgehead atoms. The zero-order valence-corrected chi connectivity index (χ0v) is 18.6. The van der Waals surface area contributed by atoms with Gasteiger partial charge in [-0.15, -0.1) is 5.10 Å². The van der Waals surface area contributed by atoms with Gasteiger partial charge in [0.2, 0.25) is 0 Å². The maximum atomic E-state index is 4.58. The van der Waals surface area contributed by atoms with Crippen molar-refractivity contribution in [3.8, 4) is 0 Å². The Kier molecular flexibility index (Phi) is 7.43. The number of nitrogens with zero attached hydrogens (tertiary/aromatic N) is 7. The molecule has 166 valence electrons. The summed E-state index contributed by atoms with van der Waals surface area (Å²) >= 11 is 0. The molecule has 8 heteroatoms. The van der Waals surface area contributed by atoms with Crippen LogP contribution < -0.4 is 0 Å². The molecule has 0 amide bonds. The zero-order chi connectivity index (χ0) is 21.5. The summed E-state index contributed by atoms with van der Waals surface area (Å²) in [6.45, 7) is 9.48. The molecule has 2 aliphatic rings. The van der Waals surface area contributed by atoms with Crippen LogP contribution in [0, 0.1) is 6.92 Å². The van der Waals surface area contributed by atoms with Crippen LogP contribution in [0.4, 0.5) is 0 Å². The van der Waals surface area contributed by atoms with Crippen LogP contribution in [0.2, 0.25) is 0 Å². The molecular weight excluding hydrogens is 390 g/mol. The molecule has 1 aliphatic heterocycles. The molecule has 0 spiro atoms. The fourth-order valence-electron chi connectivity index (χ4n) is 4.28. The SMILES string of the molecule is CC(c1nnnn1Cc1ccccc1)N1CCCN(C2CCC2)CC1.Cc1ccno1. The third-order valence-electron chi connectivity index (χ3n) is 6.38. The first-order valence-electron chi connectivity index (χ1n) is 11.4. The van der Waals surface area contributed by atoms with E-state index in [2.05, 4.69) is 66.2 Å². The van der Waals surface area contributed by atoms with Gasteiger partial charge in [0, 0.05) is 31.7 Å². The van der Waals surface area contributed by atoms with Gasteiger partial charge in [-0.1, -0.05) is 41.9 Å². The van der Waals surface area contributed by atoms with Gasteiger partial charge in [0.15, 0.2) is 5.82 Å². The highest BCUT2D eigenvalue weighted by molar-refractivity contribution is 5.15. The highest BCUT2D eigenvalue weighted by atomic mass is 16.5. The maximum Gasteiger partial charge on any atom is 0.168 e. The molecule has 31 heavy (non-hydrogen) atoms. The Morgan fingerprint density at radius 3 is 2.52 bits per heavy atom. The first kappa shape index (κ1) is 21.6. The van der Waals surface area contributed by atoms with Crippen molar-refractivity contribution in [2.24, 2.45) is 0 Å². The number of rotatable bonds is 5. The lowest BCUT2D eigenvalue weighted by atomic mass is 9.91. The molecule has 0 radical (unpaired) electrons. The molecule has 1 unspecified atom stereocenters. The van der Waals surface area contributed by atoms with Gasteiger partial charge >= 0.3 is 0 Å². The maximum absolute atomic E-state index is 4.58. The van der Waals surface area contributed by atoms with Crippen LogP contribution in [-0.4, -0.2) is 67.4 Å². The molecule has 0 N–H and O–H groups in total. The molecule has 3 aromatic rings. The highest BCUT2D eigenvalue weighted by Crippen LogP contribution is 2.27. The van der Waals surface area contributed by atoms with Gasteiger partial charge in [0.25, 0.3) is 0 Å². The number of hydrogen-bond acceptors (Lipinski definition) is 7. The lowest BCUT2D eigenvalue weighted by Gasteiger charge is -2.37. The van der Waals surface area contributed by atoms with Crippen LogP contribution >= 0.6 is 0 Å². The fraction of sp³-hybridized carbons (Fsp3) is 0.565.